The molecule has 0 fully saturated rings. The van der Waals surface area contributed by atoms with Crippen molar-refractivity contribution < 1.29 is 14.7 Å². The first-order valence-corrected chi connectivity index (χ1v) is 6.63. The van der Waals surface area contributed by atoms with Gasteiger partial charge in [-0.25, -0.2) is 0 Å². The summed E-state index contributed by atoms with van der Waals surface area (Å²) in [6.45, 7) is 3.29. The summed E-state index contributed by atoms with van der Waals surface area (Å²) >= 11 is 0. The molecule has 2 N–H and O–H groups in total. The van der Waals surface area contributed by atoms with Crippen LogP contribution in [-0.4, -0.2) is 36.5 Å². The molecule has 0 saturated heterocycles. The van der Waals surface area contributed by atoms with Crippen LogP contribution in [0.4, 0.5) is 0 Å². The molecular weight excluding hydrogens is 274 g/mol. The molecule has 1 amide bonds. The predicted molar refractivity (Wildman–Crippen MR) is 73.6 cm³/mol. The zero-order valence-electron chi connectivity index (χ0n) is 11.7. The Morgan fingerprint density at radius 2 is 2.19 bits per heavy atom. The van der Waals surface area contributed by atoms with E-state index in [1.165, 1.54) is 10.9 Å². The molecule has 0 radical (unpaired) electrons. The van der Waals surface area contributed by atoms with E-state index >= 15 is 0 Å². The van der Waals surface area contributed by atoms with E-state index in [0.29, 0.717) is 12.2 Å². The second-order valence-electron chi connectivity index (χ2n) is 4.47. The number of aryl methyl sites for hydroxylation is 2. The van der Waals surface area contributed by atoms with E-state index in [2.05, 4.69) is 15.5 Å². The number of carboxylic acid groups (broad SMARTS) is 1. The first kappa shape index (κ1) is 14.8. The van der Waals surface area contributed by atoms with Crippen LogP contribution < -0.4 is 5.32 Å². The number of carboxylic acids is 1. The van der Waals surface area contributed by atoms with Gasteiger partial charge in [-0.1, -0.05) is 0 Å². The zero-order chi connectivity index (χ0) is 15.2. The van der Waals surface area contributed by atoms with E-state index < -0.39 is 5.97 Å². The van der Waals surface area contributed by atoms with E-state index in [0.717, 1.165) is 12.1 Å². The van der Waals surface area contributed by atoms with Gasteiger partial charge in [-0.2, -0.15) is 10.2 Å². The van der Waals surface area contributed by atoms with Gasteiger partial charge >= 0.3 is 5.97 Å². The maximum atomic E-state index is 12.1. The van der Waals surface area contributed by atoms with Crippen molar-refractivity contribution >= 4 is 11.9 Å². The lowest BCUT2D eigenvalue weighted by molar-refractivity contribution is -0.137. The van der Waals surface area contributed by atoms with E-state index in [-0.39, 0.29) is 18.9 Å². The Balaban J connectivity index is 1.94. The fourth-order valence-electron chi connectivity index (χ4n) is 1.85. The van der Waals surface area contributed by atoms with Crippen molar-refractivity contribution in [2.24, 2.45) is 0 Å². The zero-order valence-corrected chi connectivity index (χ0v) is 11.7. The van der Waals surface area contributed by atoms with Gasteiger partial charge in [0.05, 0.1) is 19.2 Å². The van der Waals surface area contributed by atoms with Crippen molar-refractivity contribution in [2.45, 2.75) is 33.0 Å². The minimum Gasteiger partial charge on any atom is -0.481 e. The number of nitrogens with zero attached hydrogens (tertiary/aromatic N) is 4. The number of nitrogens with one attached hydrogen (secondary N) is 1. The fourth-order valence-corrected chi connectivity index (χ4v) is 1.85. The summed E-state index contributed by atoms with van der Waals surface area (Å²) in [6.07, 6.45) is 4.96. The van der Waals surface area contributed by atoms with E-state index in [1.54, 1.807) is 16.9 Å². The number of hydrogen-bond donors (Lipinski definition) is 2. The highest BCUT2D eigenvalue weighted by atomic mass is 16.4. The highest BCUT2D eigenvalue weighted by Gasteiger charge is 2.12. The Morgan fingerprint density at radius 3 is 2.86 bits per heavy atom. The van der Waals surface area contributed by atoms with Gasteiger partial charge in [-0.3, -0.25) is 19.0 Å². The molecule has 0 aliphatic heterocycles. The van der Waals surface area contributed by atoms with Crippen LogP contribution in [0.2, 0.25) is 0 Å². The Bertz CT molecular complexity index is 631. The number of hydrogen-bond acceptors (Lipinski definition) is 4. The second-order valence-corrected chi connectivity index (χ2v) is 4.47. The minimum atomic E-state index is -0.927. The summed E-state index contributed by atoms with van der Waals surface area (Å²) in [7, 11) is 0. The molecule has 0 saturated carbocycles. The largest absolute Gasteiger partial charge is 0.481 e. The molecule has 112 valence electrons. The molecular formula is C13H17N5O3. The van der Waals surface area contributed by atoms with Gasteiger partial charge in [0, 0.05) is 31.0 Å². The van der Waals surface area contributed by atoms with Crippen LogP contribution in [0.25, 0.3) is 0 Å². The third-order valence-electron chi connectivity index (χ3n) is 2.95. The molecule has 0 atom stereocenters. The number of aliphatic carboxylic acids is 1. The quantitative estimate of drug-likeness (QED) is 0.773. The van der Waals surface area contributed by atoms with Crippen LogP contribution in [0.15, 0.2) is 24.7 Å². The molecule has 0 spiro atoms. The summed E-state index contributed by atoms with van der Waals surface area (Å²) in [4.78, 5) is 22.6. The minimum absolute atomic E-state index is 0.0781. The number of aromatic nitrogens is 4. The van der Waals surface area contributed by atoms with E-state index in [4.69, 9.17) is 5.11 Å². The molecule has 2 rings (SSSR count). The first-order chi connectivity index (χ1) is 10.1. The smallest absolute Gasteiger partial charge is 0.305 e. The summed E-state index contributed by atoms with van der Waals surface area (Å²) in [5, 5.41) is 19.5. The van der Waals surface area contributed by atoms with Crippen LogP contribution in [0, 0.1) is 0 Å². The fraction of sp³-hybridized carbons (Fsp3) is 0.385. The number of rotatable bonds is 7. The van der Waals surface area contributed by atoms with Crippen LogP contribution >= 0.6 is 0 Å². The average Bonchev–Trinajstić information content (AvgIpc) is 3.11. The molecule has 0 aromatic carbocycles. The normalized spacial score (nSPS) is 10.5. The van der Waals surface area contributed by atoms with Gasteiger partial charge in [-0.15, -0.1) is 0 Å². The van der Waals surface area contributed by atoms with Gasteiger partial charge in [-0.05, 0) is 13.0 Å². The molecule has 0 bridgehead atoms. The van der Waals surface area contributed by atoms with Crippen LogP contribution in [0.1, 0.15) is 29.4 Å². The molecule has 2 aromatic rings. The van der Waals surface area contributed by atoms with Gasteiger partial charge < -0.3 is 10.4 Å². The average molecular weight is 291 g/mol. The predicted octanol–water partition coefficient (Wildman–Crippen LogP) is 0.504. The van der Waals surface area contributed by atoms with Gasteiger partial charge in [0.2, 0.25) is 0 Å². The molecule has 21 heavy (non-hydrogen) atoms. The SMILES string of the molecule is CCn1cc(CNC(=O)c2ccnn2CCC(=O)O)cn1. The Labute approximate surface area is 121 Å². The maximum Gasteiger partial charge on any atom is 0.305 e. The van der Waals surface area contributed by atoms with Crippen LogP contribution in [0.3, 0.4) is 0 Å². The Kier molecular flexibility index (Phi) is 4.70. The third kappa shape index (κ3) is 3.91. The van der Waals surface area contributed by atoms with Crippen molar-refractivity contribution in [3.05, 3.63) is 35.9 Å². The molecule has 2 aromatic heterocycles. The summed E-state index contributed by atoms with van der Waals surface area (Å²) in [5.74, 6) is -1.22. The number of carbonyl (C=O) groups excluding carboxylic acids is 1. The van der Waals surface area contributed by atoms with Crippen LogP contribution in [0.5, 0.6) is 0 Å². The van der Waals surface area contributed by atoms with Crippen molar-refractivity contribution in [3.63, 3.8) is 0 Å². The molecule has 8 nitrogen and oxygen atoms in total. The number of carbonyl (C=O) groups is 2. The lowest BCUT2D eigenvalue weighted by atomic mass is 10.3. The Morgan fingerprint density at radius 1 is 1.38 bits per heavy atom. The molecule has 0 aliphatic carbocycles. The molecule has 0 aliphatic rings. The third-order valence-corrected chi connectivity index (χ3v) is 2.95. The van der Waals surface area contributed by atoms with E-state index in [1.807, 2.05) is 13.1 Å². The summed E-state index contributed by atoms with van der Waals surface area (Å²) < 4.78 is 3.16. The van der Waals surface area contributed by atoms with Crippen LogP contribution in [-0.2, 0) is 24.4 Å². The lowest BCUT2D eigenvalue weighted by Crippen LogP contribution is -2.26. The lowest BCUT2D eigenvalue weighted by Gasteiger charge is -2.06. The van der Waals surface area contributed by atoms with Crippen molar-refractivity contribution in [2.75, 3.05) is 0 Å². The molecule has 0 unspecified atom stereocenters. The monoisotopic (exact) mass is 291 g/mol. The topological polar surface area (TPSA) is 102 Å². The number of amides is 1. The highest BCUT2D eigenvalue weighted by Crippen LogP contribution is 2.02. The highest BCUT2D eigenvalue weighted by molar-refractivity contribution is 5.92. The first-order valence-electron chi connectivity index (χ1n) is 6.63. The van der Waals surface area contributed by atoms with Crippen molar-refractivity contribution in [1.82, 2.24) is 24.9 Å². The second kappa shape index (κ2) is 6.69. The van der Waals surface area contributed by atoms with Crippen molar-refractivity contribution in [3.8, 4) is 0 Å². The molecule has 2 heterocycles. The summed E-state index contributed by atoms with van der Waals surface area (Å²) in [5.41, 5.74) is 1.25. The van der Waals surface area contributed by atoms with Gasteiger partial charge in [0.1, 0.15) is 5.69 Å². The van der Waals surface area contributed by atoms with Crippen molar-refractivity contribution in [1.29, 1.82) is 0 Å². The van der Waals surface area contributed by atoms with E-state index in [9.17, 15) is 9.59 Å². The van der Waals surface area contributed by atoms with Gasteiger partial charge in [0.25, 0.3) is 5.91 Å². The summed E-state index contributed by atoms with van der Waals surface area (Å²) in [6, 6.07) is 1.56. The standard InChI is InChI=1S/C13H17N5O3/c1-2-17-9-10(8-16-17)7-14-13(21)11-3-5-15-18(11)6-4-12(19)20/h3,5,8-9H,2,4,6-7H2,1H3,(H,14,21)(H,19,20). The maximum absolute atomic E-state index is 12.1. The Hall–Kier alpha value is -2.64. The molecule has 8 heteroatoms. The van der Waals surface area contributed by atoms with Gasteiger partial charge in [0.15, 0.2) is 0 Å².